The Bertz CT molecular complexity index is 1200. The van der Waals surface area contributed by atoms with Crippen LogP contribution in [-0.2, 0) is 32.5 Å². The van der Waals surface area contributed by atoms with Crippen LogP contribution in [0.3, 0.4) is 0 Å². The Balaban J connectivity index is 1.95. The first-order chi connectivity index (χ1) is 19.9. The van der Waals surface area contributed by atoms with E-state index in [4.69, 9.17) is 18.3 Å². The SMILES string of the molecule is C[C@H]1C[C@@](F)(COP(=O)(OCCCCSC(=O)C(C)(C)C)OCCCCSC(=O)C(C)(C)C)O[C@H]1n1ccc(=O)[nH]c1=O. The fraction of sp³-hybridized carbons (Fsp3) is 0.786. The van der Waals surface area contributed by atoms with Crippen LogP contribution in [0.25, 0.3) is 0 Å². The highest BCUT2D eigenvalue weighted by molar-refractivity contribution is 8.14. The van der Waals surface area contributed by atoms with Crippen LogP contribution < -0.4 is 11.2 Å². The molecule has 2 heterocycles. The number of phosphoric ester groups is 1. The van der Waals surface area contributed by atoms with Crippen molar-refractivity contribution in [2.75, 3.05) is 31.3 Å². The van der Waals surface area contributed by atoms with Gasteiger partial charge >= 0.3 is 13.5 Å². The number of ether oxygens (including phenoxy) is 1. The number of halogens is 1. The summed E-state index contributed by atoms with van der Waals surface area (Å²) in [5.74, 6) is -1.72. The van der Waals surface area contributed by atoms with Gasteiger partial charge in [-0.15, -0.1) is 0 Å². The van der Waals surface area contributed by atoms with E-state index < -0.39 is 54.5 Å². The number of carbonyl (C=O) groups is 2. The molecule has 1 aromatic heterocycles. The van der Waals surface area contributed by atoms with Crippen LogP contribution in [0, 0.1) is 16.7 Å². The second-order valence-electron chi connectivity index (χ2n) is 12.7. The summed E-state index contributed by atoms with van der Waals surface area (Å²) in [5, 5.41) is 0.157. The lowest BCUT2D eigenvalue weighted by Gasteiger charge is -2.24. The van der Waals surface area contributed by atoms with E-state index in [1.807, 2.05) is 41.5 Å². The van der Waals surface area contributed by atoms with Crippen molar-refractivity contribution in [3.8, 4) is 0 Å². The van der Waals surface area contributed by atoms with E-state index in [1.54, 1.807) is 6.92 Å². The summed E-state index contributed by atoms with van der Waals surface area (Å²) in [6.45, 7) is 12.0. The summed E-state index contributed by atoms with van der Waals surface area (Å²) in [7, 11) is -4.21. The van der Waals surface area contributed by atoms with Crippen molar-refractivity contribution in [1.29, 1.82) is 0 Å². The van der Waals surface area contributed by atoms with Crippen LogP contribution in [0.1, 0.15) is 86.8 Å². The summed E-state index contributed by atoms with van der Waals surface area (Å²) in [4.78, 5) is 49.9. The summed E-state index contributed by atoms with van der Waals surface area (Å²) in [6.07, 6.45) is 2.23. The average Bonchev–Trinajstić information content (AvgIpc) is 3.19. The third-order valence-electron chi connectivity index (χ3n) is 6.28. The molecule has 1 fully saturated rings. The molecule has 0 saturated carbocycles. The maximum absolute atomic E-state index is 15.7. The number of phosphoric acid groups is 1. The molecule has 0 aromatic carbocycles. The van der Waals surface area contributed by atoms with Gasteiger partial charge in [-0.2, -0.15) is 0 Å². The van der Waals surface area contributed by atoms with Gasteiger partial charge in [0.15, 0.2) is 10.2 Å². The predicted molar refractivity (Wildman–Crippen MR) is 167 cm³/mol. The molecule has 1 aliphatic rings. The molecule has 0 aliphatic carbocycles. The molecular formula is C28H46FN2O9PS2. The second kappa shape index (κ2) is 16.3. The van der Waals surface area contributed by atoms with E-state index in [9.17, 15) is 23.7 Å². The molecule has 1 aliphatic heterocycles. The van der Waals surface area contributed by atoms with E-state index in [0.29, 0.717) is 37.2 Å². The Morgan fingerprint density at radius 2 is 1.51 bits per heavy atom. The number of rotatable bonds is 16. The zero-order valence-electron chi connectivity index (χ0n) is 26.1. The summed E-state index contributed by atoms with van der Waals surface area (Å²) < 4.78 is 52.3. The van der Waals surface area contributed by atoms with Crippen LogP contribution >= 0.6 is 31.3 Å². The number of hydrogen-bond acceptors (Lipinski definition) is 11. The monoisotopic (exact) mass is 668 g/mol. The lowest BCUT2D eigenvalue weighted by Crippen LogP contribution is -2.34. The Morgan fingerprint density at radius 3 is 1.98 bits per heavy atom. The third-order valence-corrected chi connectivity index (χ3v) is 10.5. The van der Waals surface area contributed by atoms with E-state index in [0.717, 1.165) is 10.6 Å². The fourth-order valence-corrected chi connectivity index (χ4v) is 7.04. The normalized spacial score (nSPS) is 21.3. The molecule has 1 saturated heterocycles. The van der Waals surface area contributed by atoms with Crippen molar-refractivity contribution in [2.24, 2.45) is 16.7 Å². The van der Waals surface area contributed by atoms with Gasteiger partial charge in [0.05, 0.1) is 13.2 Å². The van der Waals surface area contributed by atoms with Gasteiger partial charge < -0.3 is 4.74 Å². The van der Waals surface area contributed by atoms with Gasteiger partial charge in [0.2, 0.25) is 5.85 Å². The predicted octanol–water partition coefficient (Wildman–Crippen LogP) is 6.09. The molecule has 0 unspecified atom stereocenters. The molecule has 43 heavy (non-hydrogen) atoms. The van der Waals surface area contributed by atoms with E-state index in [2.05, 4.69) is 4.98 Å². The number of H-pyrrole nitrogens is 1. The van der Waals surface area contributed by atoms with Crippen molar-refractivity contribution in [1.82, 2.24) is 9.55 Å². The van der Waals surface area contributed by atoms with Crippen molar-refractivity contribution in [3.05, 3.63) is 33.1 Å². The minimum Gasteiger partial charge on any atom is -0.319 e. The smallest absolute Gasteiger partial charge is 0.319 e. The highest BCUT2D eigenvalue weighted by Crippen LogP contribution is 2.52. The lowest BCUT2D eigenvalue weighted by molar-refractivity contribution is -0.177. The number of nitrogens with zero attached hydrogens (tertiary/aromatic N) is 1. The van der Waals surface area contributed by atoms with Crippen LogP contribution in [0.5, 0.6) is 0 Å². The Kier molecular flexibility index (Phi) is 14.4. The zero-order chi connectivity index (χ0) is 32.5. The number of hydrogen-bond donors (Lipinski definition) is 1. The highest BCUT2D eigenvalue weighted by atomic mass is 32.2. The van der Waals surface area contributed by atoms with Crippen molar-refractivity contribution < 1.29 is 36.9 Å². The number of thioether (sulfide) groups is 2. The van der Waals surface area contributed by atoms with Crippen LogP contribution in [0.2, 0.25) is 0 Å². The van der Waals surface area contributed by atoms with Gasteiger partial charge in [-0.3, -0.25) is 37.5 Å². The molecule has 11 nitrogen and oxygen atoms in total. The lowest BCUT2D eigenvalue weighted by atomic mass is 9.99. The van der Waals surface area contributed by atoms with Gasteiger partial charge in [-0.05, 0) is 25.7 Å². The molecule has 1 aromatic rings. The van der Waals surface area contributed by atoms with Gasteiger partial charge in [-0.1, -0.05) is 72.0 Å². The molecule has 0 radical (unpaired) electrons. The Labute approximate surface area is 261 Å². The van der Waals surface area contributed by atoms with Crippen LogP contribution in [0.15, 0.2) is 21.9 Å². The topological polar surface area (TPSA) is 143 Å². The number of aromatic amines is 1. The fourth-order valence-electron chi connectivity index (χ4n) is 3.82. The zero-order valence-corrected chi connectivity index (χ0v) is 28.7. The standard InChI is InChI=1S/C28H46FN2O9PS2/c1-20-18-28(29,40-22(20)31-13-12-21(32)30-25(31)35)19-39-41(36,37-14-8-10-16-42-23(33)26(2,3)4)38-15-9-11-17-43-24(34)27(5,6)7/h12-13,20,22H,8-11,14-19H2,1-7H3,(H,30,32,35)/t20-,22+,28-/m0/s1. The van der Waals surface area contributed by atoms with Crippen molar-refractivity contribution in [2.45, 2.75) is 92.7 Å². The number of unbranched alkanes of at least 4 members (excludes halogenated alkanes) is 2. The van der Waals surface area contributed by atoms with Gasteiger partial charge in [-0.25, -0.2) is 13.8 Å². The average molecular weight is 669 g/mol. The number of alkyl halides is 1. The van der Waals surface area contributed by atoms with E-state index in [1.165, 1.54) is 29.7 Å². The minimum absolute atomic E-state index is 0.00340. The second-order valence-corrected chi connectivity index (χ2v) is 16.5. The summed E-state index contributed by atoms with van der Waals surface area (Å²) in [5.41, 5.74) is -2.21. The van der Waals surface area contributed by atoms with Gasteiger partial charge in [0.1, 0.15) is 12.8 Å². The minimum atomic E-state index is -4.21. The molecule has 0 amide bonds. The quantitative estimate of drug-likeness (QED) is 0.162. The highest BCUT2D eigenvalue weighted by Gasteiger charge is 2.48. The van der Waals surface area contributed by atoms with E-state index in [-0.39, 0.29) is 29.9 Å². The largest absolute Gasteiger partial charge is 0.474 e. The third kappa shape index (κ3) is 12.9. The first-order valence-corrected chi connectivity index (χ1v) is 17.8. The molecule has 0 spiro atoms. The molecule has 1 N–H and O–H groups in total. The maximum Gasteiger partial charge on any atom is 0.474 e. The Hall–Kier alpha value is -1.28. The molecular weight excluding hydrogens is 622 g/mol. The molecule has 0 bridgehead atoms. The molecule has 3 atom stereocenters. The van der Waals surface area contributed by atoms with Crippen LogP contribution in [0.4, 0.5) is 4.39 Å². The summed E-state index contributed by atoms with van der Waals surface area (Å²) in [6, 6.07) is 1.14. The van der Waals surface area contributed by atoms with E-state index >= 15 is 4.39 Å². The molecule has 15 heteroatoms. The van der Waals surface area contributed by atoms with Crippen molar-refractivity contribution >= 4 is 41.6 Å². The first kappa shape index (κ1) is 37.9. The number of carbonyl (C=O) groups excluding carboxylic acids is 2. The number of aromatic nitrogens is 2. The number of nitrogens with one attached hydrogen (secondary N) is 1. The summed E-state index contributed by atoms with van der Waals surface area (Å²) >= 11 is 2.46. The Morgan fingerprint density at radius 1 is 1.00 bits per heavy atom. The maximum atomic E-state index is 15.7. The first-order valence-electron chi connectivity index (χ1n) is 14.4. The van der Waals surface area contributed by atoms with Crippen molar-refractivity contribution in [3.63, 3.8) is 0 Å². The van der Waals surface area contributed by atoms with Gasteiger partial charge in [0, 0.05) is 46.9 Å². The molecule has 2 rings (SSSR count). The molecule has 246 valence electrons. The van der Waals surface area contributed by atoms with Crippen LogP contribution in [-0.4, -0.2) is 57.0 Å². The van der Waals surface area contributed by atoms with Gasteiger partial charge in [0.25, 0.3) is 5.56 Å².